The van der Waals surface area contributed by atoms with E-state index in [1.54, 1.807) is 0 Å². The average Bonchev–Trinajstić information content (AvgIpc) is 2.76. The third-order valence-electron chi connectivity index (χ3n) is 3.05. The first kappa shape index (κ1) is 14.6. The molecule has 0 saturated carbocycles. The Kier molecular flexibility index (Phi) is 5.16. The van der Waals surface area contributed by atoms with E-state index in [1.165, 1.54) is 6.42 Å². The van der Waals surface area contributed by atoms with E-state index < -0.39 is 0 Å². The van der Waals surface area contributed by atoms with Crippen LogP contribution in [0.25, 0.3) is 11.1 Å². The summed E-state index contributed by atoms with van der Waals surface area (Å²) in [7, 11) is 0. The van der Waals surface area contributed by atoms with Crippen LogP contribution in [0.4, 0.5) is 0 Å². The third-order valence-corrected chi connectivity index (χ3v) is 3.05. The largest absolute Gasteiger partial charge is 0.441 e. The van der Waals surface area contributed by atoms with E-state index >= 15 is 0 Å². The van der Waals surface area contributed by atoms with Gasteiger partial charge in [-0.3, -0.25) is 0 Å². The zero-order valence-electron chi connectivity index (χ0n) is 12.4. The van der Waals surface area contributed by atoms with Crippen molar-refractivity contribution in [1.82, 2.24) is 4.98 Å². The summed E-state index contributed by atoms with van der Waals surface area (Å²) < 4.78 is 5.43. The van der Waals surface area contributed by atoms with Crippen LogP contribution in [-0.4, -0.2) is 11.2 Å². The van der Waals surface area contributed by atoms with Gasteiger partial charge in [-0.25, -0.2) is 4.98 Å². The highest BCUT2D eigenvalue weighted by atomic mass is 16.6. The number of aryl methyl sites for hydroxylation is 1. The van der Waals surface area contributed by atoms with Gasteiger partial charge in [-0.1, -0.05) is 31.5 Å². The second-order valence-electron chi connectivity index (χ2n) is 5.42. The fraction of sp³-hybridized carbons (Fsp3) is 0.500. The molecule has 108 valence electrons. The number of hydrogen-bond acceptors (Lipinski definition) is 4. The number of hydrogen-bond donors (Lipinski definition) is 0. The van der Waals surface area contributed by atoms with Gasteiger partial charge in [0, 0.05) is 13.1 Å². The van der Waals surface area contributed by atoms with Crippen molar-refractivity contribution in [2.45, 2.75) is 46.6 Å². The number of rotatable bonds is 7. The van der Waals surface area contributed by atoms with E-state index in [4.69, 9.17) is 9.25 Å². The fourth-order valence-corrected chi connectivity index (χ4v) is 2.01. The topological polar surface area (TPSA) is 47.6 Å². The molecule has 2 rings (SSSR count). The molecule has 0 aliphatic heterocycles. The Bertz CT molecular complexity index is 573. The molecule has 0 amide bonds. The van der Waals surface area contributed by atoms with Crippen LogP contribution in [0.1, 0.15) is 44.6 Å². The number of oxazole rings is 1. The predicted octanol–water partition coefficient (Wildman–Crippen LogP) is 4.46. The fourth-order valence-electron chi connectivity index (χ4n) is 2.01. The van der Waals surface area contributed by atoms with Gasteiger partial charge in [0.05, 0.1) is 0 Å². The van der Waals surface area contributed by atoms with Crippen molar-refractivity contribution in [2.24, 2.45) is 11.1 Å². The molecule has 0 unspecified atom stereocenters. The highest BCUT2D eigenvalue weighted by Crippen LogP contribution is 2.17. The smallest absolute Gasteiger partial charge is 0.192 e. The molecule has 20 heavy (non-hydrogen) atoms. The molecule has 2 aromatic rings. The summed E-state index contributed by atoms with van der Waals surface area (Å²) in [6.07, 6.45) is 5.21. The first-order valence-electron chi connectivity index (χ1n) is 7.15. The Balaban J connectivity index is 1.76. The van der Waals surface area contributed by atoms with E-state index in [-0.39, 0.29) is 0 Å². The molecule has 0 saturated heterocycles. The maximum absolute atomic E-state index is 5.43. The van der Waals surface area contributed by atoms with Crippen molar-refractivity contribution in [3.05, 3.63) is 29.7 Å². The summed E-state index contributed by atoms with van der Waals surface area (Å²) in [6, 6.07) is 5.86. The van der Waals surface area contributed by atoms with E-state index in [2.05, 4.69) is 24.0 Å². The number of oxime groups is 1. The Hall–Kier alpha value is -1.84. The summed E-state index contributed by atoms with van der Waals surface area (Å²) in [4.78, 5) is 9.59. The van der Waals surface area contributed by atoms with Crippen molar-refractivity contribution < 1.29 is 9.25 Å². The lowest BCUT2D eigenvalue weighted by Crippen LogP contribution is -1.89. The van der Waals surface area contributed by atoms with Crippen LogP contribution in [0.15, 0.2) is 27.8 Å². The second-order valence-corrected chi connectivity index (χ2v) is 5.42. The summed E-state index contributed by atoms with van der Waals surface area (Å²) in [5.74, 6) is 1.43. The maximum atomic E-state index is 5.43. The Morgan fingerprint density at radius 1 is 1.40 bits per heavy atom. The number of unbranched alkanes of at least 4 members (excludes halogenated alkanes) is 1. The predicted molar refractivity (Wildman–Crippen MR) is 80.7 cm³/mol. The molecule has 0 N–H and O–H groups in total. The molecule has 4 nitrogen and oxygen atoms in total. The van der Waals surface area contributed by atoms with Gasteiger partial charge < -0.3 is 9.25 Å². The first-order chi connectivity index (χ1) is 9.65. The maximum Gasteiger partial charge on any atom is 0.192 e. The van der Waals surface area contributed by atoms with Crippen LogP contribution in [0.5, 0.6) is 0 Å². The molecule has 1 heterocycles. The molecule has 4 heteroatoms. The summed E-state index contributed by atoms with van der Waals surface area (Å²) in [5.41, 5.74) is 2.72. The number of aromatic nitrogens is 1. The van der Waals surface area contributed by atoms with Crippen molar-refractivity contribution in [2.75, 3.05) is 0 Å². The van der Waals surface area contributed by atoms with Crippen molar-refractivity contribution in [3.8, 4) is 0 Å². The highest BCUT2D eigenvalue weighted by Gasteiger charge is 2.03. The summed E-state index contributed by atoms with van der Waals surface area (Å²) >= 11 is 0. The monoisotopic (exact) mass is 274 g/mol. The Labute approximate surface area is 119 Å². The van der Waals surface area contributed by atoms with Gasteiger partial charge in [0.2, 0.25) is 0 Å². The molecule has 0 radical (unpaired) electrons. The van der Waals surface area contributed by atoms with Crippen molar-refractivity contribution in [3.63, 3.8) is 0 Å². The minimum atomic E-state index is 0.461. The third kappa shape index (κ3) is 4.37. The second kappa shape index (κ2) is 7.08. The minimum absolute atomic E-state index is 0.461. The molecular formula is C16H22N2O2. The lowest BCUT2D eigenvalue weighted by molar-refractivity contribution is 0.131. The zero-order chi connectivity index (χ0) is 14.4. The number of fused-ring (bicyclic) bond motifs is 1. The van der Waals surface area contributed by atoms with Crippen LogP contribution >= 0.6 is 0 Å². The van der Waals surface area contributed by atoms with Crippen LogP contribution in [0.2, 0.25) is 0 Å². The van der Waals surface area contributed by atoms with E-state index in [1.807, 2.05) is 31.3 Å². The van der Waals surface area contributed by atoms with E-state index in [9.17, 15) is 0 Å². The highest BCUT2D eigenvalue weighted by molar-refractivity contribution is 5.73. The average molecular weight is 274 g/mol. The van der Waals surface area contributed by atoms with Gasteiger partial charge in [0.15, 0.2) is 11.5 Å². The minimum Gasteiger partial charge on any atom is -0.441 e. The lowest BCUT2D eigenvalue weighted by atomic mass is 10.1. The van der Waals surface area contributed by atoms with Gasteiger partial charge in [-0.15, -0.1) is 0 Å². The molecule has 1 aromatic carbocycles. The van der Waals surface area contributed by atoms with Gasteiger partial charge in [-0.2, -0.15) is 0 Å². The quantitative estimate of drug-likeness (QED) is 0.425. The van der Waals surface area contributed by atoms with Crippen LogP contribution in [0, 0.1) is 12.8 Å². The normalized spacial score (nSPS) is 11.8. The summed E-state index contributed by atoms with van der Waals surface area (Å²) in [5, 5.41) is 3.98. The van der Waals surface area contributed by atoms with Crippen molar-refractivity contribution in [1.29, 1.82) is 0 Å². The molecule has 0 aliphatic carbocycles. The molecular weight excluding hydrogens is 252 g/mol. The number of nitrogens with zero attached hydrogens (tertiary/aromatic N) is 2. The standard InChI is InChI=1S/C16H22N2O2/c1-12(2)6-4-5-9-17-19-11-14-7-8-16-15(10-14)18-13(3)20-16/h7-10,12H,4-6,11H2,1-3H3/b17-9-. The Morgan fingerprint density at radius 2 is 2.25 bits per heavy atom. The molecule has 0 spiro atoms. The molecule has 0 fully saturated rings. The molecule has 0 bridgehead atoms. The van der Waals surface area contributed by atoms with E-state index in [0.717, 1.165) is 35.4 Å². The van der Waals surface area contributed by atoms with Gasteiger partial charge in [-0.05, 0) is 36.5 Å². The van der Waals surface area contributed by atoms with Gasteiger partial charge >= 0.3 is 0 Å². The van der Waals surface area contributed by atoms with Gasteiger partial charge in [0.25, 0.3) is 0 Å². The molecule has 0 atom stereocenters. The van der Waals surface area contributed by atoms with E-state index in [0.29, 0.717) is 12.5 Å². The Morgan fingerprint density at radius 3 is 3.05 bits per heavy atom. The van der Waals surface area contributed by atoms with Crippen molar-refractivity contribution >= 4 is 17.3 Å². The molecule has 0 aliphatic rings. The zero-order valence-corrected chi connectivity index (χ0v) is 12.4. The first-order valence-corrected chi connectivity index (χ1v) is 7.15. The summed E-state index contributed by atoms with van der Waals surface area (Å²) in [6.45, 7) is 6.77. The van der Waals surface area contributed by atoms with Crippen LogP contribution in [-0.2, 0) is 11.4 Å². The van der Waals surface area contributed by atoms with Gasteiger partial charge in [0.1, 0.15) is 12.1 Å². The van der Waals surface area contributed by atoms with Crippen LogP contribution in [0.3, 0.4) is 0 Å². The lowest BCUT2D eigenvalue weighted by Gasteiger charge is -2.01. The van der Waals surface area contributed by atoms with Crippen LogP contribution < -0.4 is 0 Å². The number of benzene rings is 1. The SMILES string of the molecule is Cc1nc2cc(CO/N=C\CCCC(C)C)ccc2o1. The molecule has 1 aromatic heterocycles.